The summed E-state index contributed by atoms with van der Waals surface area (Å²) >= 11 is 13.8. The van der Waals surface area contributed by atoms with E-state index in [9.17, 15) is 9.59 Å². The molecule has 0 fully saturated rings. The smallest absolute Gasteiger partial charge is 0.242 e. The molecule has 0 saturated heterocycles. The van der Waals surface area contributed by atoms with Crippen LogP contribution in [0.3, 0.4) is 0 Å². The predicted octanol–water partition coefficient (Wildman–Crippen LogP) is 5.67. The van der Waals surface area contributed by atoms with Crippen molar-refractivity contribution in [3.63, 3.8) is 0 Å². The van der Waals surface area contributed by atoms with Crippen LogP contribution in [0.25, 0.3) is 0 Å². The van der Waals surface area contributed by atoms with Gasteiger partial charge in [-0.3, -0.25) is 9.59 Å². The monoisotopic (exact) mass is 466 g/mol. The third-order valence-electron chi connectivity index (χ3n) is 4.55. The Hall–Kier alpha value is -1.69. The lowest BCUT2D eigenvalue weighted by atomic mass is 10.1. The minimum atomic E-state index is -0.590. The van der Waals surface area contributed by atoms with E-state index in [1.165, 1.54) is 0 Å². The van der Waals surface area contributed by atoms with E-state index in [1.54, 1.807) is 29.7 Å². The zero-order chi connectivity index (χ0) is 22.1. The summed E-state index contributed by atoms with van der Waals surface area (Å²) in [6.45, 7) is 6.69. The first-order valence-electron chi connectivity index (χ1n) is 9.97. The molecule has 0 spiro atoms. The van der Waals surface area contributed by atoms with Gasteiger partial charge in [0.1, 0.15) is 6.04 Å². The van der Waals surface area contributed by atoms with Gasteiger partial charge in [0.25, 0.3) is 0 Å². The fourth-order valence-electron chi connectivity index (χ4n) is 2.78. The molecule has 2 aromatic carbocycles. The summed E-state index contributed by atoms with van der Waals surface area (Å²) in [7, 11) is 0. The molecule has 1 unspecified atom stereocenters. The fourth-order valence-corrected chi connectivity index (χ4v) is 3.94. The number of rotatable bonds is 10. The highest BCUT2D eigenvalue weighted by Crippen LogP contribution is 2.23. The van der Waals surface area contributed by atoms with Crippen molar-refractivity contribution in [2.75, 3.05) is 12.3 Å². The van der Waals surface area contributed by atoms with Gasteiger partial charge in [0.05, 0.1) is 0 Å². The normalized spacial score (nSPS) is 11.9. The number of amides is 2. The maximum absolute atomic E-state index is 13.1. The second-order valence-electron chi connectivity index (χ2n) is 7.48. The zero-order valence-corrected chi connectivity index (χ0v) is 19.9. The molecule has 0 aliphatic heterocycles. The van der Waals surface area contributed by atoms with E-state index in [1.807, 2.05) is 56.3 Å². The van der Waals surface area contributed by atoms with Crippen molar-refractivity contribution in [2.45, 2.75) is 44.7 Å². The number of hydrogen-bond acceptors (Lipinski definition) is 3. The lowest BCUT2D eigenvalue weighted by Gasteiger charge is -2.29. The lowest BCUT2D eigenvalue weighted by Crippen LogP contribution is -2.48. The minimum absolute atomic E-state index is 0.0800. The molecule has 2 aromatic rings. The summed E-state index contributed by atoms with van der Waals surface area (Å²) < 4.78 is 0. The van der Waals surface area contributed by atoms with Crippen LogP contribution >= 0.6 is 35.0 Å². The average molecular weight is 467 g/mol. The van der Waals surface area contributed by atoms with E-state index < -0.39 is 6.04 Å². The molecule has 7 heteroatoms. The number of carbonyl (C=O) groups is 2. The van der Waals surface area contributed by atoms with Crippen molar-refractivity contribution in [3.8, 4) is 0 Å². The van der Waals surface area contributed by atoms with Gasteiger partial charge >= 0.3 is 0 Å². The van der Waals surface area contributed by atoms with Crippen LogP contribution in [0.15, 0.2) is 53.4 Å². The SMILES string of the molecule is CC(C)CNC(=O)C(C)N(Cc1ccccc1Cl)C(=O)CCSc1ccc(Cl)cc1. The summed E-state index contributed by atoms with van der Waals surface area (Å²) in [5, 5.41) is 4.19. The molecular formula is C23H28Cl2N2O2S. The minimum Gasteiger partial charge on any atom is -0.354 e. The third-order valence-corrected chi connectivity index (χ3v) is 6.18. The first kappa shape index (κ1) is 24.6. The van der Waals surface area contributed by atoms with Crippen LogP contribution in [-0.4, -0.2) is 35.1 Å². The van der Waals surface area contributed by atoms with Crippen molar-refractivity contribution in [3.05, 3.63) is 64.1 Å². The highest BCUT2D eigenvalue weighted by atomic mass is 35.5. The average Bonchev–Trinajstić information content (AvgIpc) is 2.72. The van der Waals surface area contributed by atoms with Crippen molar-refractivity contribution >= 4 is 46.8 Å². The molecule has 0 heterocycles. The number of nitrogens with one attached hydrogen (secondary N) is 1. The first-order valence-corrected chi connectivity index (χ1v) is 11.7. The van der Waals surface area contributed by atoms with E-state index in [0.29, 0.717) is 41.2 Å². The van der Waals surface area contributed by atoms with E-state index >= 15 is 0 Å². The van der Waals surface area contributed by atoms with Crippen LogP contribution < -0.4 is 5.32 Å². The number of benzene rings is 2. The van der Waals surface area contributed by atoms with Gasteiger partial charge in [0.2, 0.25) is 11.8 Å². The summed E-state index contributed by atoms with van der Waals surface area (Å²) in [4.78, 5) is 28.4. The maximum atomic E-state index is 13.1. The van der Waals surface area contributed by atoms with Gasteiger partial charge in [-0.25, -0.2) is 0 Å². The Kier molecular flexibility index (Phi) is 10.0. The van der Waals surface area contributed by atoms with Gasteiger partial charge in [0, 0.05) is 40.2 Å². The van der Waals surface area contributed by atoms with Crippen molar-refractivity contribution in [2.24, 2.45) is 5.92 Å². The zero-order valence-electron chi connectivity index (χ0n) is 17.5. The van der Waals surface area contributed by atoms with Crippen molar-refractivity contribution in [1.82, 2.24) is 10.2 Å². The Morgan fingerprint density at radius 1 is 1.03 bits per heavy atom. The molecule has 1 atom stereocenters. The molecule has 0 aliphatic rings. The van der Waals surface area contributed by atoms with Crippen LogP contribution in [0.1, 0.15) is 32.8 Å². The third kappa shape index (κ3) is 7.86. The maximum Gasteiger partial charge on any atom is 0.242 e. The van der Waals surface area contributed by atoms with E-state index in [4.69, 9.17) is 23.2 Å². The summed E-state index contributed by atoms with van der Waals surface area (Å²) in [6, 6.07) is 14.3. The Labute approximate surface area is 193 Å². The number of halogens is 2. The Morgan fingerprint density at radius 3 is 2.33 bits per heavy atom. The van der Waals surface area contributed by atoms with Crippen LogP contribution in [-0.2, 0) is 16.1 Å². The summed E-state index contributed by atoms with van der Waals surface area (Å²) in [5.41, 5.74) is 0.821. The lowest BCUT2D eigenvalue weighted by molar-refractivity contribution is -0.140. The molecule has 30 heavy (non-hydrogen) atoms. The molecule has 2 rings (SSSR count). The molecular weight excluding hydrogens is 439 g/mol. The van der Waals surface area contributed by atoms with Gasteiger partial charge in [-0.15, -0.1) is 11.8 Å². The largest absolute Gasteiger partial charge is 0.354 e. The van der Waals surface area contributed by atoms with Gasteiger partial charge in [0.15, 0.2) is 0 Å². The summed E-state index contributed by atoms with van der Waals surface area (Å²) in [5.74, 6) is 0.711. The van der Waals surface area contributed by atoms with Crippen molar-refractivity contribution in [1.29, 1.82) is 0 Å². The molecule has 2 amide bonds. The topological polar surface area (TPSA) is 49.4 Å². The van der Waals surface area contributed by atoms with Crippen LogP contribution in [0.4, 0.5) is 0 Å². The number of thioether (sulfide) groups is 1. The van der Waals surface area contributed by atoms with Gasteiger partial charge in [-0.05, 0) is 48.7 Å². The molecule has 0 saturated carbocycles. The molecule has 0 aliphatic carbocycles. The second kappa shape index (κ2) is 12.2. The van der Waals surface area contributed by atoms with Gasteiger partial charge < -0.3 is 10.2 Å². The molecule has 1 N–H and O–H groups in total. The number of carbonyl (C=O) groups excluding carboxylic acids is 2. The Balaban J connectivity index is 2.06. The molecule has 0 bridgehead atoms. The van der Waals surface area contributed by atoms with Gasteiger partial charge in [-0.2, -0.15) is 0 Å². The van der Waals surface area contributed by atoms with E-state index in [2.05, 4.69) is 5.32 Å². The molecule has 0 radical (unpaired) electrons. The van der Waals surface area contributed by atoms with Crippen molar-refractivity contribution < 1.29 is 9.59 Å². The fraction of sp³-hybridized carbons (Fsp3) is 0.391. The predicted molar refractivity (Wildman–Crippen MR) is 126 cm³/mol. The molecule has 4 nitrogen and oxygen atoms in total. The number of nitrogens with zero attached hydrogens (tertiary/aromatic N) is 1. The molecule has 162 valence electrons. The van der Waals surface area contributed by atoms with E-state index in [0.717, 1.165) is 10.5 Å². The highest BCUT2D eigenvalue weighted by Gasteiger charge is 2.26. The second-order valence-corrected chi connectivity index (χ2v) is 9.49. The summed E-state index contributed by atoms with van der Waals surface area (Å²) in [6.07, 6.45) is 0.319. The Bertz CT molecular complexity index is 843. The van der Waals surface area contributed by atoms with Gasteiger partial charge in [-0.1, -0.05) is 55.2 Å². The van der Waals surface area contributed by atoms with Crippen LogP contribution in [0.2, 0.25) is 10.0 Å². The Morgan fingerprint density at radius 2 is 1.70 bits per heavy atom. The van der Waals surface area contributed by atoms with E-state index in [-0.39, 0.29) is 11.8 Å². The first-order chi connectivity index (χ1) is 14.3. The standard InChI is InChI=1S/C23H28Cl2N2O2S/c1-16(2)14-26-23(29)17(3)27(15-18-6-4-5-7-21(18)25)22(28)12-13-30-20-10-8-19(24)9-11-20/h4-11,16-17H,12-15H2,1-3H3,(H,26,29). The highest BCUT2D eigenvalue weighted by molar-refractivity contribution is 7.99. The number of hydrogen-bond donors (Lipinski definition) is 1. The molecule has 0 aromatic heterocycles. The van der Waals surface area contributed by atoms with Crippen LogP contribution in [0, 0.1) is 5.92 Å². The quantitative estimate of drug-likeness (QED) is 0.459. The van der Waals surface area contributed by atoms with Crippen LogP contribution in [0.5, 0.6) is 0 Å².